The molecule has 4 nitrogen and oxygen atoms in total. The summed E-state index contributed by atoms with van der Waals surface area (Å²) in [5, 5.41) is 8.95. The normalized spacial score (nSPS) is 11.6. The van der Waals surface area contributed by atoms with E-state index in [0.717, 1.165) is 27.7 Å². The second-order valence-electron chi connectivity index (χ2n) is 3.98. The van der Waals surface area contributed by atoms with E-state index in [1.165, 1.54) is 11.3 Å². The molecule has 0 aliphatic heterocycles. The van der Waals surface area contributed by atoms with Crippen LogP contribution < -0.4 is 5.43 Å². The molecule has 0 radical (unpaired) electrons. The van der Waals surface area contributed by atoms with Crippen molar-refractivity contribution in [2.24, 2.45) is 5.10 Å². The fraction of sp³-hybridized carbons (Fsp3) is 0.308. The molecular formula is C13H15N3OS2. The molecule has 19 heavy (non-hydrogen) atoms. The maximum atomic E-state index is 11.8. The molecule has 0 saturated heterocycles. The average molecular weight is 293 g/mol. The van der Waals surface area contributed by atoms with Crippen molar-refractivity contribution < 1.29 is 4.79 Å². The van der Waals surface area contributed by atoms with Crippen LogP contribution in [0.5, 0.6) is 0 Å². The Hall–Kier alpha value is -1.53. The van der Waals surface area contributed by atoms with Crippen molar-refractivity contribution in [1.29, 1.82) is 0 Å². The van der Waals surface area contributed by atoms with Gasteiger partial charge in [0.15, 0.2) is 0 Å². The number of thiazole rings is 1. The van der Waals surface area contributed by atoms with Crippen LogP contribution in [0, 0.1) is 6.92 Å². The van der Waals surface area contributed by atoms with Gasteiger partial charge in [0.25, 0.3) is 0 Å². The largest absolute Gasteiger partial charge is 0.273 e. The molecule has 2 aromatic rings. The predicted octanol–water partition coefficient (Wildman–Crippen LogP) is 2.99. The Kier molecular flexibility index (Phi) is 4.81. The first kappa shape index (κ1) is 13.9. The minimum absolute atomic E-state index is 0.128. The zero-order valence-corrected chi connectivity index (χ0v) is 12.5. The molecule has 2 heterocycles. The van der Waals surface area contributed by atoms with Crippen molar-refractivity contribution >= 4 is 34.3 Å². The van der Waals surface area contributed by atoms with Crippen LogP contribution in [-0.2, 0) is 11.2 Å². The first-order chi connectivity index (χ1) is 9.19. The zero-order valence-electron chi connectivity index (χ0n) is 10.8. The number of aryl methyl sites for hydroxylation is 1. The van der Waals surface area contributed by atoms with E-state index < -0.39 is 0 Å². The summed E-state index contributed by atoms with van der Waals surface area (Å²) in [4.78, 5) is 17.1. The molecule has 0 fully saturated rings. The highest BCUT2D eigenvalue weighted by atomic mass is 32.1. The van der Waals surface area contributed by atoms with E-state index in [2.05, 4.69) is 15.5 Å². The number of hydrazone groups is 1. The fourth-order valence-electron chi connectivity index (χ4n) is 1.54. The van der Waals surface area contributed by atoms with E-state index >= 15 is 0 Å². The molecular weight excluding hydrogens is 278 g/mol. The average Bonchev–Trinajstić information content (AvgIpc) is 3.02. The van der Waals surface area contributed by atoms with Crippen LogP contribution in [0.25, 0.3) is 0 Å². The van der Waals surface area contributed by atoms with Crippen LogP contribution in [0.15, 0.2) is 28.0 Å². The summed E-state index contributed by atoms with van der Waals surface area (Å²) in [5.74, 6) is -0.128. The molecule has 6 heteroatoms. The third-order valence-electron chi connectivity index (χ3n) is 2.43. The van der Waals surface area contributed by atoms with Gasteiger partial charge in [-0.05, 0) is 24.8 Å². The number of rotatable bonds is 5. The topological polar surface area (TPSA) is 54.4 Å². The number of carbonyl (C=O) groups is 1. The van der Waals surface area contributed by atoms with Crippen LogP contribution in [0.1, 0.15) is 28.9 Å². The Balaban J connectivity index is 1.95. The summed E-state index contributed by atoms with van der Waals surface area (Å²) in [5.41, 5.74) is 4.45. The van der Waals surface area contributed by atoms with Gasteiger partial charge >= 0.3 is 0 Å². The van der Waals surface area contributed by atoms with Gasteiger partial charge in [0.1, 0.15) is 5.01 Å². The molecule has 0 saturated carbocycles. The molecule has 1 N–H and O–H groups in total. The number of nitrogens with one attached hydrogen (secondary N) is 1. The monoisotopic (exact) mass is 293 g/mol. The standard InChI is InChI=1S/C13H15N3OS2/c1-3-10(11-5-4-6-18-11)15-16-12(17)7-13-14-9(2)8-19-13/h4-6,8H,3,7H2,1-2H3,(H,16,17)/b15-10-. The Bertz CT molecular complexity index is 572. The molecule has 0 aliphatic rings. The van der Waals surface area contributed by atoms with E-state index in [4.69, 9.17) is 0 Å². The molecule has 0 bridgehead atoms. The summed E-state index contributed by atoms with van der Waals surface area (Å²) in [6.45, 7) is 3.94. The van der Waals surface area contributed by atoms with E-state index in [1.54, 1.807) is 11.3 Å². The van der Waals surface area contributed by atoms with Gasteiger partial charge in [0.2, 0.25) is 5.91 Å². The highest BCUT2D eigenvalue weighted by molar-refractivity contribution is 7.12. The second kappa shape index (κ2) is 6.58. The number of hydrogen-bond donors (Lipinski definition) is 1. The highest BCUT2D eigenvalue weighted by Gasteiger charge is 2.07. The summed E-state index contributed by atoms with van der Waals surface area (Å²) in [6, 6.07) is 3.98. The maximum absolute atomic E-state index is 11.8. The summed E-state index contributed by atoms with van der Waals surface area (Å²) in [7, 11) is 0. The molecule has 1 amide bonds. The van der Waals surface area contributed by atoms with Gasteiger partial charge in [-0.25, -0.2) is 10.4 Å². The summed E-state index contributed by atoms with van der Waals surface area (Å²) < 4.78 is 0. The third-order valence-corrected chi connectivity index (χ3v) is 4.32. The maximum Gasteiger partial charge on any atom is 0.246 e. The van der Waals surface area contributed by atoms with Crippen molar-refractivity contribution in [2.75, 3.05) is 0 Å². The molecule has 0 spiro atoms. The predicted molar refractivity (Wildman–Crippen MR) is 79.8 cm³/mol. The zero-order chi connectivity index (χ0) is 13.7. The first-order valence-electron chi connectivity index (χ1n) is 5.99. The molecule has 100 valence electrons. The number of amides is 1. The second-order valence-corrected chi connectivity index (χ2v) is 5.87. The minimum atomic E-state index is -0.128. The number of carbonyl (C=O) groups excluding carboxylic acids is 1. The number of hydrogen-bond acceptors (Lipinski definition) is 5. The van der Waals surface area contributed by atoms with Crippen molar-refractivity contribution in [3.05, 3.63) is 38.5 Å². The van der Waals surface area contributed by atoms with Crippen molar-refractivity contribution in [3.8, 4) is 0 Å². The lowest BCUT2D eigenvalue weighted by molar-refractivity contribution is -0.120. The lowest BCUT2D eigenvalue weighted by atomic mass is 10.2. The number of thiophene rings is 1. The molecule has 0 aromatic carbocycles. The fourth-order valence-corrected chi connectivity index (χ4v) is 3.10. The van der Waals surface area contributed by atoms with Crippen LogP contribution in [0.3, 0.4) is 0 Å². The van der Waals surface area contributed by atoms with Gasteiger partial charge < -0.3 is 0 Å². The number of aromatic nitrogens is 1. The van der Waals surface area contributed by atoms with E-state index in [1.807, 2.05) is 36.7 Å². The minimum Gasteiger partial charge on any atom is -0.273 e. The lowest BCUT2D eigenvalue weighted by Crippen LogP contribution is -2.21. The smallest absolute Gasteiger partial charge is 0.246 e. The van der Waals surface area contributed by atoms with Crippen LogP contribution in [0.2, 0.25) is 0 Å². The molecule has 0 aliphatic carbocycles. The van der Waals surface area contributed by atoms with Gasteiger partial charge in [-0.2, -0.15) is 5.10 Å². The Labute approximate surface area is 120 Å². The van der Waals surface area contributed by atoms with Gasteiger partial charge in [0.05, 0.1) is 17.0 Å². The third kappa shape index (κ3) is 3.97. The SMILES string of the molecule is CC/C(=N/NC(=O)Cc1nc(C)cs1)c1cccs1. The molecule has 2 rings (SSSR count). The Morgan fingerprint density at radius 3 is 2.89 bits per heavy atom. The quantitative estimate of drug-likeness (QED) is 0.680. The van der Waals surface area contributed by atoms with Crippen LogP contribution in [-0.4, -0.2) is 16.6 Å². The van der Waals surface area contributed by atoms with Gasteiger partial charge in [-0.3, -0.25) is 4.79 Å². The van der Waals surface area contributed by atoms with E-state index in [-0.39, 0.29) is 12.3 Å². The van der Waals surface area contributed by atoms with Crippen molar-refractivity contribution in [1.82, 2.24) is 10.4 Å². The van der Waals surface area contributed by atoms with Crippen LogP contribution in [0.4, 0.5) is 0 Å². The summed E-state index contributed by atoms with van der Waals surface area (Å²) >= 11 is 3.12. The van der Waals surface area contributed by atoms with E-state index in [9.17, 15) is 4.79 Å². The van der Waals surface area contributed by atoms with Gasteiger partial charge in [-0.1, -0.05) is 13.0 Å². The van der Waals surface area contributed by atoms with Gasteiger partial charge in [0, 0.05) is 11.1 Å². The first-order valence-corrected chi connectivity index (χ1v) is 7.75. The molecule has 0 unspecified atom stereocenters. The lowest BCUT2D eigenvalue weighted by Gasteiger charge is -2.02. The van der Waals surface area contributed by atoms with E-state index in [0.29, 0.717) is 0 Å². The highest BCUT2D eigenvalue weighted by Crippen LogP contribution is 2.12. The molecule has 2 aromatic heterocycles. The summed E-state index contributed by atoms with van der Waals surface area (Å²) in [6.07, 6.45) is 1.07. The van der Waals surface area contributed by atoms with Crippen molar-refractivity contribution in [2.45, 2.75) is 26.7 Å². The number of nitrogens with zero attached hydrogens (tertiary/aromatic N) is 2. The van der Waals surface area contributed by atoms with Crippen molar-refractivity contribution in [3.63, 3.8) is 0 Å². The van der Waals surface area contributed by atoms with Crippen LogP contribution >= 0.6 is 22.7 Å². The molecule has 0 atom stereocenters. The Morgan fingerprint density at radius 1 is 1.47 bits per heavy atom. The van der Waals surface area contributed by atoms with Gasteiger partial charge in [-0.15, -0.1) is 22.7 Å². The Morgan fingerprint density at radius 2 is 2.32 bits per heavy atom.